The zero-order valence-corrected chi connectivity index (χ0v) is 23.0. The molecule has 0 N–H and O–H groups in total. The van der Waals surface area contributed by atoms with Crippen LogP contribution in [0.1, 0.15) is 41.5 Å². The standard InChI is InChI=1S/C28H31F2IOS/c1-18-8-11-23(16-27(7,31)14-18)32-28(29,30)22-10-9-21-12-19(2)13-26(6,20(3)33)17-24(21)25(4,5)15-22/h8-17,33H,3H2,1-2,4-7H3. The number of fused-ring (bicyclic) bond motifs is 1. The molecule has 0 aliphatic heterocycles. The number of hydrogen-bond acceptors (Lipinski definition) is 2. The van der Waals surface area contributed by atoms with Crippen molar-refractivity contribution in [3.05, 3.63) is 106 Å². The molecular formula is C28H31F2IOS. The molecule has 0 amide bonds. The van der Waals surface area contributed by atoms with Crippen LogP contribution in [-0.2, 0) is 4.74 Å². The Morgan fingerprint density at radius 3 is 2.24 bits per heavy atom. The van der Waals surface area contributed by atoms with Crippen LogP contribution in [0.2, 0.25) is 0 Å². The minimum atomic E-state index is -3.50. The molecule has 0 bridgehead atoms. The van der Waals surface area contributed by atoms with Crippen LogP contribution < -0.4 is 0 Å². The Hall–Kier alpha value is -1.60. The zero-order chi connectivity index (χ0) is 24.8. The Bertz CT molecular complexity index is 1120. The Balaban J connectivity index is 2.05. The van der Waals surface area contributed by atoms with Gasteiger partial charge in [-0.1, -0.05) is 96.7 Å². The molecule has 176 valence electrons. The second-order valence-electron chi connectivity index (χ2n) is 9.97. The van der Waals surface area contributed by atoms with Gasteiger partial charge in [0.2, 0.25) is 0 Å². The van der Waals surface area contributed by atoms with Gasteiger partial charge in [-0.15, -0.1) is 12.6 Å². The van der Waals surface area contributed by atoms with Crippen LogP contribution in [-0.4, -0.2) is 9.53 Å². The molecule has 2 atom stereocenters. The average Bonchev–Trinajstić information content (AvgIpc) is 2.92. The monoisotopic (exact) mass is 580 g/mol. The van der Waals surface area contributed by atoms with E-state index in [4.69, 9.17) is 4.74 Å². The first-order valence-electron chi connectivity index (χ1n) is 10.8. The molecule has 0 saturated heterocycles. The zero-order valence-electron chi connectivity index (χ0n) is 20.0. The van der Waals surface area contributed by atoms with Gasteiger partial charge in [-0.05, 0) is 62.0 Å². The van der Waals surface area contributed by atoms with Gasteiger partial charge in [-0.25, -0.2) is 0 Å². The van der Waals surface area contributed by atoms with E-state index in [0.717, 1.165) is 22.3 Å². The van der Waals surface area contributed by atoms with Crippen molar-refractivity contribution in [2.75, 3.05) is 0 Å². The van der Waals surface area contributed by atoms with E-state index < -0.39 is 20.4 Å². The molecule has 0 spiro atoms. The van der Waals surface area contributed by atoms with Gasteiger partial charge >= 0.3 is 6.11 Å². The molecule has 0 radical (unpaired) electrons. The maximum atomic E-state index is 15.5. The van der Waals surface area contributed by atoms with Crippen LogP contribution in [0.3, 0.4) is 0 Å². The lowest BCUT2D eigenvalue weighted by Gasteiger charge is -2.30. The highest BCUT2D eigenvalue weighted by Crippen LogP contribution is 2.47. The van der Waals surface area contributed by atoms with Crippen molar-refractivity contribution in [3.63, 3.8) is 0 Å². The summed E-state index contributed by atoms with van der Waals surface area (Å²) in [6.07, 6.45) is 14.7. The summed E-state index contributed by atoms with van der Waals surface area (Å²) in [6, 6.07) is 0. The minimum Gasteiger partial charge on any atom is -0.429 e. The molecule has 33 heavy (non-hydrogen) atoms. The predicted molar refractivity (Wildman–Crippen MR) is 147 cm³/mol. The van der Waals surface area contributed by atoms with Crippen LogP contribution in [0.15, 0.2) is 106 Å². The maximum Gasteiger partial charge on any atom is 0.426 e. The molecule has 2 unspecified atom stereocenters. The van der Waals surface area contributed by atoms with Crippen molar-refractivity contribution in [3.8, 4) is 0 Å². The summed E-state index contributed by atoms with van der Waals surface area (Å²) < 4.78 is 35.9. The first-order chi connectivity index (χ1) is 15.0. The van der Waals surface area contributed by atoms with E-state index in [2.05, 4.69) is 54.0 Å². The lowest BCUT2D eigenvalue weighted by atomic mass is 9.76. The lowest BCUT2D eigenvalue weighted by Crippen LogP contribution is -2.25. The lowest BCUT2D eigenvalue weighted by molar-refractivity contribution is -0.177. The number of alkyl halides is 3. The van der Waals surface area contributed by atoms with Gasteiger partial charge in [0.25, 0.3) is 0 Å². The Morgan fingerprint density at radius 2 is 1.61 bits per heavy atom. The van der Waals surface area contributed by atoms with Gasteiger partial charge in [0, 0.05) is 10.8 Å². The van der Waals surface area contributed by atoms with E-state index in [9.17, 15) is 0 Å². The SMILES string of the molecule is C=C(S)C1(C)C=C(C)C=C2C=CC(C(F)(F)OC3=CC(C)(I)C=C(C)C=C3)=CC(C)(C)C2=C1. The third-order valence-corrected chi connectivity index (χ3v) is 7.07. The molecule has 0 fully saturated rings. The summed E-state index contributed by atoms with van der Waals surface area (Å²) in [5.74, 6) is 0.145. The molecule has 3 aliphatic rings. The van der Waals surface area contributed by atoms with Crippen molar-refractivity contribution < 1.29 is 13.5 Å². The molecule has 0 saturated carbocycles. The van der Waals surface area contributed by atoms with Crippen LogP contribution in [0, 0.1) is 10.8 Å². The van der Waals surface area contributed by atoms with Crippen LogP contribution in [0.4, 0.5) is 8.78 Å². The second-order valence-corrected chi connectivity index (χ2v) is 12.8. The largest absolute Gasteiger partial charge is 0.429 e. The number of halogens is 3. The second kappa shape index (κ2) is 8.88. The first kappa shape index (κ1) is 26.0. The third-order valence-electron chi connectivity index (χ3n) is 5.97. The number of allylic oxidation sites excluding steroid dienone is 14. The minimum absolute atomic E-state index is 0.145. The quantitative estimate of drug-likeness (QED) is 0.198. The Morgan fingerprint density at radius 1 is 0.939 bits per heavy atom. The fourth-order valence-corrected chi connectivity index (χ4v) is 5.27. The van der Waals surface area contributed by atoms with Crippen molar-refractivity contribution >= 4 is 35.2 Å². The van der Waals surface area contributed by atoms with E-state index >= 15 is 8.78 Å². The van der Waals surface area contributed by atoms with Gasteiger partial charge in [0.05, 0.1) is 8.99 Å². The summed E-state index contributed by atoms with van der Waals surface area (Å²) in [4.78, 5) is 0.698. The van der Waals surface area contributed by atoms with Gasteiger partial charge in [0.1, 0.15) is 5.76 Å². The third kappa shape index (κ3) is 5.91. The highest BCUT2D eigenvalue weighted by atomic mass is 127. The topological polar surface area (TPSA) is 9.23 Å². The molecule has 0 aromatic rings. The van der Waals surface area contributed by atoms with Crippen molar-refractivity contribution in [1.82, 2.24) is 0 Å². The fourth-order valence-electron chi connectivity index (χ4n) is 4.35. The highest BCUT2D eigenvalue weighted by Gasteiger charge is 2.41. The van der Waals surface area contributed by atoms with E-state index in [1.807, 2.05) is 53.7 Å². The van der Waals surface area contributed by atoms with Gasteiger partial charge < -0.3 is 4.74 Å². The molecular weight excluding hydrogens is 549 g/mol. The van der Waals surface area contributed by atoms with Crippen molar-refractivity contribution in [2.45, 2.75) is 51.1 Å². The Labute approximate surface area is 215 Å². The molecule has 5 heteroatoms. The number of hydrogen-bond donors (Lipinski definition) is 1. The molecule has 0 heterocycles. The molecule has 3 rings (SSSR count). The molecule has 3 aliphatic carbocycles. The maximum absolute atomic E-state index is 15.5. The van der Waals surface area contributed by atoms with E-state index in [1.54, 1.807) is 30.4 Å². The number of ether oxygens (including phenoxy) is 1. The predicted octanol–water partition coefficient (Wildman–Crippen LogP) is 8.97. The summed E-state index contributed by atoms with van der Waals surface area (Å²) >= 11 is 6.74. The smallest absolute Gasteiger partial charge is 0.426 e. The first-order valence-corrected chi connectivity index (χ1v) is 12.4. The van der Waals surface area contributed by atoms with Gasteiger partial charge in [0.15, 0.2) is 0 Å². The summed E-state index contributed by atoms with van der Waals surface area (Å²) in [6.45, 7) is 15.9. The Kier molecular flexibility index (Phi) is 7.00. The van der Waals surface area contributed by atoms with Crippen LogP contribution in [0.25, 0.3) is 0 Å². The van der Waals surface area contributed by atoms with Crippen molar-refractivity contribution in [1.29, 1.82) is 0 Å². The fraction of sp³-hybridized carbons (Fsp3) is 0.357. The average molecular weight is 581 g/mol. The molecule has 0 aromatic carbocycles. The summed E-state index contributed by atoms with van der Waals surface area (Å²) in [5, 5.41) is 0. The normalized spacial score (nSPS) is 29.2. The molecule has 0 aromatic heterocycles. The van der Waals surface area contributed by atoms with E-state index in [0.29, 0.717) is 4.91 Å². The number of thiol groups is 1. The van der Waals surface area contributed by atoms with E-state index in [1.165, 1.54) is 6.08 Å². The molecule has 1 nitrogen and oxygen atoms in total. The highest BCUT2D eigenvalue weighted by molar-refractivity contribution is 14.1. The van der Waals surface area contributed by atoms with Gasteiger partial charge in [-0.2, -0.15) is 8.78 Å². The summed E-state index contributed by atoms with van der Waals surface area (Å²) in [7, 11) is 0. The summed E-state index contributed by atoms with van der Waals surface area (Å²) in [5.41, 5.74) is 2.52. The van der Waals surface area contributed by atoms with Crippen molar-refractivity contribution in [2.24, 2.45) is 10.8 Å². The van der Waals surface area contributed by atoms with Crippen LogP contribution in [0.5, 0.6) is 0 Å². The number of rotatable bonds is 4. The van der Waals surface area contributed by atoms with Crippen LogP contribution >= 0.6 is 35.2 Å². The van der Waals surface area contributed by atoms with Gasteiger partial charge in [-0.3, -0.25) is 0 Å². The van der Waals surface area contributed by atoms with E-state index in [-0.39, 0.29) is 11.3 Å².